The third-order valence-corrected chi connectivity index (χ3v) is 5.28. The first-order valence-corrected chi connectivity index (χ1v) is 9.55. The van der Waals surface area contributed by atoms with Crippen molar-refractivity contribution >= 4 is 5.97 Å². The van der Waals surface area contributed by atoms with Gasteiger partial charge in [0.15, 0.2) is 0 Å². The van der Waals surface area contributed by atoms with E-state index < -0.39 is 5.97 Å². The maximum absolute atomic E-state index is 10.5. The summed E-state index contributed by atoms with van der Waals surface area (Å²) in [6.45, 7) is 2.25. The number of unbranched alkanes of at least 4 members (excludes halogenated alkanes) is 6. The molecule has 22 heavy (non-hydrogen) atoms. The quantitative estimate of drug-likeness (QED) is 0.489. The van der Waals surface area contributed by atoms with Crippen molar-refractivity contribution in [2.24, 2.45) is 11.8 Å². The Labute approximate surface area is 136 Å². The van der Waals surface area contributed by atoms with Crippen LogP contribution in [0.2, 0.25) is 0 Å². The molecule has 0 amide bonds. The molecule has 0 aromatic carbocycles. The Morgan fingerprint density at radius 1 is 0.955 bits per heavy atom. The Morgan fingerprint density at radius 3 is 2.36 bits per heavy atom. The normalized spacial score (nSPS) is 25.3. The van der Waals surface area contributed by atoms with Crippen LogP contribution in [0.1, 0.15) is 96.8 Å². The van der Waals surface area contributed by atoms with Gasteiger partial charge in [-0.25, -0.2) is 0 Å². The van der Waals surface area contributed by atoms with Crippen LogP contribution >= 0.6 is 0 Å². The summed E-state index contributed by atoms with van der Waals surface area (Å²) in [7, 11) is 0. The van der Waals surface area contributed by atoms with E-state index >= 15 is 0 Å². The van der Waals surface area contributed by atoms with Crippen LogP contribution in [0.15, 0.2) is 0 Å². The summed E-state index contributed by atoms with van der Waals surface area (Å²) in [5.74, 6) is 0.532. The number of carboxylic acids is 1. The van der Waals surface area contributed by atoms with Crippen LogP contribution in [0.25, 0.3) is 0 Å². The van der Waals surface area contributed by atoms with Crippen LogP contribution < -0.4 is 0 Å². The highest BCUT2D eigenvalue weighted by atomic mass is 16.4. The Bertz CT molecular complexity index is 290. The minimum atomic E-state index is -0.685. The van der Waals surface area contributed by atoms with E-state index in [9.17, 15) is 9.90 Å². The van der Waals surface area contributed by atoms with Crippen LogP contribution in [-0.2, 0) is 4.79 Å². The second-order valence-corrected chi connectivity index (χ2v) is 7.12. The first kappa shape index (κ1) is 19.5. The zero-order chi connectivity index (χ0) is 16.2. The van der Waals surface area contributed by atoms with Gasteiger partial charge in [-0.2, -0.15) is 0 Å². The molecule has 0 heterocycles. The highest BCUT2D eigenvalue weighted by Crippen LogP contribution is 2.37. The number of hydrogen-bond acceptors (Lipinski definition) is 2. The second kappa shape index (κ2) is 11.9. The molecule has 130 valence electrons. The maximum Gasteiger partial charge on any atom is 0.303 e. The van der Waals surface area contributed by atoms with E-state index in [1.165, 1.54) is 44.9 Å². The number of aliphatic hydroxyl groups excluding tert-OH is 1. The number of hydrogen-bond donors (Lipinski definition) is 2. The largest absolute Gasteiger partial charge is 0.481 e. The fourth-order valence-electron chi connectivity index (χ4n) is 3.96. The molecule has 1 aliphatic rings. The molecular formula is C19H36O3. The summed E-state index contributed by atoms with van der Waals surface area (Å²) in [6.07, 6.45) is 15.4. The molecule has 0 saturated heterocycles. The lowest BCUT2D eigenvalue weighted by Crippen LogP contribution is -2.32. The molecule has 1 saturated carbocycles. The second-order valence-electron chi connectivity index (χ2n) is 7.12. The van der Waals surface area contributed by atoms with E-state index in [0.717, 1.165) is 44.4 Å². The molecule has 2 N–H and O–H groups in total. The summed E-state index contributed by atoms with van der Waals surface area (Å²) >= 11 is 0. The molecule has 1 rings (SSSR count). The van der Waals surface area contributed by atoms with Gasteiger partial charge < -0.3 is 10.2 Å². The number of aliphatic carboxylic acids is 1. The summed E-state index contributed by atoms with van der Waals surface area (Å²) in [4.78, 5) is 10.5. The van der Waals surface area contributed by atoms with Crippen LogP contribution in [0.3, 0.4) is 0 Å². The molecule has 0 spiro atoms. The smallest absolute Gasteiger partial charge is 0.303 e. The van der Waals surface area contributed by atoms with Gasteiger partial charge in [-0.05, 0) is 37.5 Å². The van der Waals surface area contributed by atoms with Crippen molar-refractivity contribution in [1.82, 2.24) is 0 Å². The van der Waals surface area contributed by atoms with E-state index in [1.807, 2.05) is 0 Å². The molecule has 0 aliphatic heterocycles. The zero-order valence-electron chi connectivity index (χ0n) is 14.4. The van der Waals surface area contributed by atoms with Gasteiger partial charge in [0.25, 0.3) is 0 Å². The molecule has 0 aromatic heterocycles. The predicted molar refractivity (Wildman–Crippen MR) is 90.9 cm³/mol. The lowest BCUT2D eigenvalue weighted by atomic mass is 9.72. The Hall–Kier alpha value is -0.570. The fourth-order valence-corrected chi connectivity index (χ4v) is 3.96. The van der Waals surface area contributed by atoms with E-state index in [1.54, 1.807) is 0 Å². The first-order valence-electron chi connectivity index (χ1n) is 9.55. The van der Waals surface area contributed by atoms with Crippen LogP contribution in [0.5, 0.6) is 0 Å². The number of carboxylic acid groups (broad SMARTS) is 1. The van der Waals surface area contributed by atoms with E-state index in [4.69, 9.17) is 5.11 Å². The number of carbonyl (C=O) groups is 1. The van der Waals surface area contributed by atoms with Crippen molar-refractivity contribution in [3.8, 4) is 0 Å². The minimum absolute atomic E-state index is 0.0936. The molecule has 1 fully saturated rings. The summed E-state index contributed by atoms with van der Waals surface area (Å²) in [5.41, 5.74) is 0. The lowest BCUT2D eigenvalue weighted by Gasteiger charge is -2.36. The molecule has 1 aliphatic carbocycles. The monoisotopic (exact) mass is 312 g/mol. The van der Waals surface area contributed by atoms with E-state index in [2.05, 4.69) is 6.92 Å². The lowest BCUT2D eigenvalue weighted by molar-refractivity contribution is -0.137. The first-order chi connectivity index (χ1) is 10.6. The Morgan fingerprint density at radius 2 is 1.64 bits per heavy atom. The molecular weight excluding hydrogens is 276 g/mol. The van der Waals surface area contributed by atoms with Gasteiger partial charge in [0.05, 0.1) is 6.10 Å². The highest BCUT2D eigenvalue weighted by molar-refractivity contribution is 5.66. The van der Waals surface area contributed by atoms with Gasteiger partial charge in [0.2, 0.25) is 0 Å². The van der Waals surface area contributed by atoms with Gasteiger partial charge in [-0.1, -0.05) is 64.7 Å². The minimum Gasteiger partial charge on any atom is -0.481 e. The summed E-state index contributed by atoms with van der Waals surface area (Å²) in [5, 5.41) is 19.0. The fraction of sp³-hybridized carbons (Fsp3) is 0.947. The van der Waals surface area contributed by atoms with Crippen molar-refractivity contribution in [2.75, 3.05) is 0 Å². The SMILES string of the molecule is CCCCCCC1CCCC(O)C1CCCCCCC(=O)O. The maximum atomic E-state index is 10.5. The highest BCUT2D eigenvalue weighted by Gasteiger charge is 2.30. The van der Waals surface area contributed by atoms with Crippen molar-refractivity contribution in [3.05, 3.63) is 0 Å². The van der Waals surface area contributed by atoms with E-state index in [-0.39, 0.29) is 6.10 Å². The molecule has 3 atom stereocenters. The molecule has 3 nitrogen and oxygen atoms in total. The topological polar surface area (TPSA) is 57.5 Å². The van der Waals surface area contributed by atoms with Gasteiger partial charge >= 0.3 is 5.97 Å². The average molecular weight is 312 g/mol. The van der Waals surface area contributed by atoms with E-state index in [0.29, 0.717) is 12.3 Å². The zero-order valence-corrected chi connectivity index (χ0v) is 14.4. The molecule has 0 aromatic rings. The van der Waals surface area contributed by atoms with Crippen LogP contribution in [-0.4, -0.2) is 22.3 Å². The Kier molecular flexibility index (Phi) is 10.6. The number of rotatable bonds is 12. The van der Waals surface area contributed by atoms with Crippen molar-refractivity contribution in [3.63, 3.8) is 0 Å². The Balaban J connectivity index is 2.21. The summed E-state index contributed by atoms with van der Waals surface area (Å²) < 4.78 is 0. The van der Waals surface area contributed by atoms with Crippen molar-refractivity contribution in [2.45, 2.75) is 103 Å². The van der Waals surface area contributed by atoms with Gasteiger partial charge in [-0.3, -0.25) is 4.79 Å². The molecule has 3 heteroatoms. The molecule has 0 radical (unpaired) electrons. The van der Waals surface area contributed by atoms with Gasteiger partial charge in [0, 0.05) is 6.42 Å². The van der Waals surface area contributed by atoms with Gasteiger partial charge in [0.1, 0.15) is 0 Å². The third-order valence-electron chi connectivity index (χ3n) is 5.28. The molecule has 0 bridgehead atoms. The average Bonchev–Trinajstić information content (AvgIpc) is 2.49. The summed E-state index contributed by atoms with van der Waals surface area (Å²) in [6, 6.07) is 0. The third kappa shape index (κ3) is 8.17. The van der Waals surface area contributed by atoms with Crippen LogP contribution in [0.4, 0.5) is 0 Å². The number of aliphatic hydroxyl groups is 1. The van der Waals surface area contributed by atoms with Gasteiger partial charge in [-0.15, -0.1) is 0 Å². The molecule has 3 unspecified atom stereocenters. The van der Waals surface area contributed by atoms with Crippen LogP contribution in [0, 0.1) is 11.8 Å². The standard InChI is InChI=1S/C19H36O3/c1-2-3-4-7-11-16-12-10-14-18(20)17(16)13-8-5-6-9-15-19(21)22/h16-18,20H,2-15H2,1H3,(H,21,22). The predicted octanol–water partition coefficient (Wildman–Crippen LogP) is 5.16. The van der Waals surface area contributed by atoms with Crippen molar-refractivity contribution in [1.29, 1.82) is 0 Å². The van der Waals surface area contributed by atoms with Crippen molar-refractivity contribution < 1.29 is 15.0 Å².